The summed E-state index contributed by atoms with van der Waals surface area (Å²) in [6.07, 6.45) is 0.0983. The Hall–Kier alpha value is -1.21. The van der Waals surface area contributed by atoms with Gasteiger partial charge in [0.2, 0.25) is 0 Å². The molecule has 2 atom stereocenters. The zero-order valence-electron chi connectivity index (χ0n) is 11.5. The lowest BCUT2D eigenvalue weighted by molar-refractivity contribution is -0.0432. The fourth-order valence-corrected chi connectivity index (χ4v) is 2.89. The third-order valence-electron chi connectivity index (χ3n) is 3.27. The molecule has 0 saturated carbocycles. The molecule has 0 bridgehead atoms. The molecule has 1 fully saturated rings. The largest absolute Gasteiger partial charge is 0.357 e. The Morgan fingerprint density at radius 3 is 2.76 bits per heavy atom. The van der Waals surface area contributed by atoms with Gasteiger partial charge >= 0.3 is 0 Å². The van der Waals surface area contributed by atoms with Crippen molar-refractivity contribution in [2.75, 3.05) is 13.1 Å². The Kier molecular flexibility index (Phi) is 4.40. The van der Waals surface area contributed by atoms with E-state index in [2.05, 4.69) is 20.4 Å². The van der Waals surface area contributed by atoms with E-state index in [-0.39, 0.29) is 11.7 Å². The number of tetrazole rings is 1. The predicted molar refractivity (Wildman–Crippen MR) is 79.6 cm³/mol. The van der Waals surface area contributed by atoms with Crippen molar-refractivity contribution < 1.29 is 4.74 Å². The van der Waals surface area contributed by atoms with Crippen LogP contribution in [-0.4, -0.2) is 49.9 Å². The normalized spacial score (nSPS) is 23.4. The lowest BCUT2D eigenvalue weighted by Gasteiger charge is -2.33. The topological polar surface area (TPSA) is 56.1 Å². The molecule has 0 N–H and O–H groups in total. The van der Waals surface area contributed by atoms with E-state index in [4.69, 9.17) is 27.9 Å². The summed E-state index contributed by atoms with van der Waals surface area (Å²) in [6.45, 7) is 4.08. The van der Waals surface area contributed by atoms with Gasteiger partial charge in [-0.15, -0.1) is 5.10 Å². The number of hydrogen-bond donors (Lipinski definition) is 0. The monoisotopic (exact) mass is 327 g/mol. The van der Waals surface area contributed by atoms with Crippen LogP contribution >= 0.6 is 23.2 Å². The van der Waals surface area contributed by atoms with Gasteiger partial charge in [0.1, 0.15) is 5.56 Å². The molecule has 0 spiro atoms. The number of aromatic nitrogens is 4. The molecule has 2 heterocycles. The Labute approximate surface area is 132 Å². The van der Waals surface area contributed by atoms with Gasteiger partial charge in [0, 0.05) is 18.1 Å². The minimum Gasteiger partial charge on any atom is -0.357 e. The van der Waals surface area contributed by atoms with Crippen LogP contribution in [0.3, 0.4) is 0 Å². The van der Waals surface area contributed by atoms with Crippen LogP contribution in [0.2, 0.25) is 5.02 Å². The van der Waals surface area contributed by atoms with Gasteiger partial charge in [-0.25, -0.2) is 0 Å². The van der Waals surface area contributed by atoms with Crippen molar-refractivity contribution in [1.82, 2.24) is 25.1 Å². The first-order valence-corrected chi connectivity index (χ1v) is 7.48. The maximum absolute atomic E-state index is 6.08. The molecule has 0 aliphatic carbocycles. The highest BCUT2D eigenvalue weighted by Crippen LogP contribution is 2.18. The van der Waals surface area contributed by atoms with Gasteiger partial charge in [0.05, 0.1) is 18.3 Å². The Morgan fingerprint density at radius 2 is 2.05 bits per heavy atom. The Morgan fingerprint density at radius 1 is 1.29 bits per heavy atom. The summed E-state index contributed by atoms with van der Waals surface area (Å²) in [6, 6.07) is 7.39. The SMILES string of the molecule is C[C@H]1CN(Cc2nnnn2-c2ccc(Cl)cc2)C[C@@H](Cl)O1. The number of morpholine rings is 1. The summed E-state index contributed by atoms with van der Waals surface area (Å²) in [5, 5.41) is 12.6. The van der Waals surface area contributed by atoms with Crippen molar-refractivity contribution in [1.29, 1.82) is 0 Å². The third-order valence-corrected chi connectivity index (χ3v) is 3.76. The van der Waals surface area contributed by atoms with E-state index in [0.29, 0.717) is 18.1 Å². The molecule has 1 aromatic heterocycles. The van der Waals surface area contributed by atoms with E-state index < -0.39 is 0 Å². The minimum atomic E-state index is -0.298. The van der Waals surface area contributed by atoms with Crippen molar-refractivity contribution in [3.8, 4) is 5.69 Å². The molecule has 0 amide bonds. The van der Waals surface area contributed by atoms with Gasteiger partial charge in [-0.2, -0.15) is 4.68 Å². The van der Waals surface area contributed by atoms with Gasteiger partial charge in [0.25, 0.3) is 0 Å². The molecule has 2 aromatic rings. The van der Waals surface area contributed by atoms with E-state index in [0.717, 1.165) is 18.1 Å². The highest BCUT2D eigenvalue weighted by molar-refractivity contribution is 6.30. The summed E-state index contributed by atoms with van der Waals surface area (Å²) in [5.41, 5.74) is 0.580. The summed E-state index contributed by atoms with van der Waals surface area (Å²) in [5.74, 6) is 0.760. The van der Waals surface area contributed by atoms with Crippen molar-refractivity contribution in [3.05, 3.63) is 35.1 Å². The molecular weight excluding hydrogens is 313 g/mol. The van der Waals surface area contributed by atoms with Crippen molar-refractivity contribution in [3.63, 3.8) is 0 Å². The summed E-state index contributed by atoms with van der Waals surface area (Å²) in [7, 11) is 0. The van der Waals surface area contributed by atoms with E-state index in [1.807, 2.05) is 31.2 Å². The minimum absolute atomic E-state index is 0.0983. The molecule has 21 heavy (non-hydrogen) atoms. The Bertz CT molecular complexity index is 593. The van der Waals surface area contributed by atoms with Crippen LogP contribution in [-0.2, 0) is 11.3 Å². The predicted octanol–water partition coefficient (Wildman–Crippen LogP) is 2.10. The summed E-state index contributed by atoms with van der Waals surface area (Å²) < 4.78 is 7.22. The van der Waals surface area contributed by atoms with E-state index in [9.17, 15) is 0 Å². The van der Waals surface area contributed by atoms with Crippen LogP contribution in [0, 0.1) is 0 Å². The molecule has 3 rings (SSSR count). The highest BCUT2D eigenvalue weighted by Gasteiger charge is 2.25. The second-order valence-corrected chi connectivity index (χ2v) is 5.96. The van der Waals surface area contributed by atoms with Gasteiger partial charge in [0.15, 0.2) is 5.82 Å². The van der Waals surface area contributed by atoms with Gasteiger partial charge in [-0.1, -0.05) is 23.2 Å². The molecule has 8 heteroatoms. The first kappa shape index (κ1) is 14.7. The molecular formula is C13H15Cl2N5O. The quantitative estimate of drug-likeness (QED) is 0.808. The van der Waals surface area contributed by atoms with E-state index >= 15 is 0 Å². The summed E-state index contributed by atoms with van der Waals surface area (Å²) in [4.78, 5) is 2.18. The third kappa shape index (κ3) is 3.52. The second kappa shape index (κ2) is 6.27. The first-order valence-electron chi connectivity index (χ1n) is 6.67. The number of nitrogens with zero attached hydrogens (tertiary/aromatic N) is 5. The average molecular weight is 328 g/mol. The van der Waals surface area contributed by atoms with E-state index in [1.165, 1.54) is 0 Å². The molecule has 1 saturated heterocycles. The fraction of sp³-hybridized carbons (Fsp3) is 0.462. The molecule has 6 nitrogen and oxygen atoms in total. The van der Waals surface area contributed by atoms with Crippen LogP contribution < -0.4 is 0 Å². The molecule has 0 radical (unpaired) electrons. The molecule has 1 aliphatic heterocycles. The molecule has 1 aromatic carbocycles. The first-order chi connectivity index (χ1) is 10.1. The van der Waals surface area contributed by atoms with Crippen molar-refractivity contribution in [2.24, 2.45) is 0 Å². The maximum atomic E-state index is 6.08. The van der Waals surface area contributed by atoms with Gasteiger partial charge in [-0.05, 0) is 41.6 Å². The number of halogens is 2. The lowest BCUT2D eigenvalue weighted by atomic mass is 10.3. The number of ether oxygens (including phenoxy) is 1. The van der Waals surface area contributed by atoms with E-state index in [1.54, 1.807) is 4.68 Å². The molecule has 112 valence electrons. The zero-order valence-corrected chi connectivity index (χ0v) is 13.0. The van der Waals surface area contributed by atoms with Crippen molar-refractivity contribution >= 4 is 23.2 Å². The lowest BCUT2D eigenvalue weighted by Crippen LogP contribution is -2.44. The van der Waals surface area contributed by atoms with Crippen LogP contribution in [0.25, 0.3) is 5.69 Å². The fourth-order valence-electron chi connectivity index (χ4n) is 2.40. The Balaban J connectivity index is 1.78. The highest BCUT2D eigenvalue weighted by atomic mass is 35.5. The van der Waals surface area contributed by atoms with Gasteiger partial charge in [-0.3, -0.25) is 4.90 Å². The zero-order chi connectivity index (χ0) is 14.8. The second-order valence-electron chi connectivity index (χ2n) is 5.03. The van der Waals surface area contributed by atoms with Crippen LogP contribution in [0.1, 0.15) is 12.7 Å². The van der Waals surface area contributed by atoms with Crippen molar-refractivity contribution in [2.45, 2.75) is 25.1 Å². The number of alkyl halides is 1. The standard InChI is InChI=1S/C13H15Cl2N5O/c1-9-6-19(7-12(15)21-9)8-13-16-17-18-20(13)11-4-2-10(14)3-5-11/h2-5,9,12H,6-8H2,1H3/t9-,12-/m0/s1. The smallest absolute Gasteiger partial charge is 0.170 e. The number of hydrogen-bond acceptors (Lipinski definition) is 5. The van der Waals surface area contributed by atoms with Crippen LogP contribution in [0.4, 0.5) is 0 Å². The number of rotatable bonds is 3. The van der Waals surface area contributed by atoms with Gasteiger partial charge < -0.3 is 4.74 Å². The van der Waals surface area contributed by atoms with Crippen LogP contribution in [0.5, 0.6) is 0 Å². The summed E-state index contributed by atoms with van der Waals surface area (Å²) >= 11 is 12.0. The van der Waals surface area contributed by atoms with Crippen LogP contribution in [0.15, 0.2) is 24.3 Å². The average Bonchev–Trinajstić information content (AvgIpc) is 2.86. The molecule has 0 unspecified atom stereocenters. The maximum Gasteiger partial charge on any atom is 0.170 e. The number of benzene rings is 1. The molecule has 1 aliphatic rings.